The van der Waals surface area contributed by atoms with Crippen LogP contribution in [0.25, 0.3) is 21.5 Å². The molecule has 7 rings (SSSR count). The first kappa shape index (κ1) is 57.6. The van der Waals surface area contributed by atoms with E-state index in [0.29, 0.717) is 0 Å². The van der Waals surface area contributed by atoms with Crippen molar-refractivity contribution in [3.63, 3.8) is 0 Å². The Kier molecular flexibility index (Phi) is 14.9. The van der Waals surface area contributed by atoms with Crippen molar-refractivity contribution in [3.05, 3.63) is 159 Å². The first-order valence-electron chi connectivity index (χ1n) is 28.3. The molecule has 0 aliphatic rings. The van der Waals surface area contributed by atoms with Crippen LogP contribution in [0, 0.1) is 6.92 Å². The van der Waals surface area contributed by atoms with E-state index < -0.39 is 9.52 Å². The minimum absolute atomic E-state index is 0.0842. The van der Waals surface area contributed by atoms with Crippen LogP contribution in [0.15, 0.2) is 109 Å². The van der Waals surface area contributed by atoms with Gasteiger partial charge in [0.15, 0.2) is 0 Å². The maximum atomic E-state index is 2.69. The third-order valence-corrected chi connectivity index (χ3v) is 17.0. The zero-order valence-corrected chi connectivity index (χ0v) is 53.4. The molecular formula is C72H98N2Si. The van der Waals surface area contributed by atoms with Crippen LogP contribution >= 0.6 is 0 Å². The number of rotatable bonds is 7. The molecular weight excluding hydrogens is 921 g/mol. The predicted octanol–water partition coefficient (Wildman–Crippen LogP) is 20.5. The second kappa shape index (κ2) is 19.4. The second-order valence-electron chi connectivity index (χ2n) is 30.7. The molecule has 0 bridgehead atoms. The van der Waals surface area contributed by atoms with Crippen LogP contribution < -0.4 is 15.0 Å². The van der Waals surface area contributed by atoms with Crippen molar-refractivity contribution in [2.75, 3.05) is 9.80 Å². The Labute approximate surface area is 460 Å². The van der Waals surface area contributed by atoms with E-state index in [1.165, 1.54) is 111 Å². The summed E-state index contributed by atoms with van der Waals surface area (Å²) < 4.78 is 0. The fourth-order valence-electron chi connectivity index (χ4n) is 10.3. The molecule has 0 atom stereocenters. The SMILES string of the molecule is C[SiH2]c1ccc2c(N(c3cc(C(C)(C)C)cc(C(C)(C)C)c3)c3cc(C(C)(C)C)cc(C(C)(C)C)c3)c3cc(C)ccc3c(N(c3cc(C(C)(C)C)cc(C(C)(C)C)c3)c3cc(C(C)(C)C)cc(C(C)(C)C)c3)c2c1. The van der Waals surface area contributed by atoms with Gasteiger partial charge in [0.05, 0.1) is 20.9 Å². The van der Waals surface area contributed by atoms with Gasteiger partial charge in [-0.1, -0.05) is 238 Å². The van der Waals surface area contributed by atoms with Gasteiger partial charge < -0.3 is 9.80 Å². The highest BCUT2D eigenvalue weighted by Gasteiger charge is 2.33. The summed E-state index contributed by atoms with van der Waals surface area (Å²) in [5, 5.41) is 6.47. The summed E-state index contributed by atoms with van der Waals surface area (Å²) in [4.78, 5) is 5.38. The molecule has 0 unspecified atom stereocenters. The molecule has 75 heavy (non-hydrogen) atoms. The van der Waals surface area contributed by atoms with Crippen LogP contribution in [0.2, 0.25) is 6.55 Å². The zero-order valence-electron chi connectivity index (χ0n) is 52.0. The monoisotopic (exact) mass is 1020 g/mol. The number of anilines is 6. The summed E-state index contributed by atoms with van der Waals surface area (Å²) in [6.07, 6.45) is 0. The molecule has 0 N–H and O–H groups in total. The van der Waals surface area contributed by atoms with Gasteiger partial charge in [-0.2, -0.15) is 0 Å². The third kappa shape index (κ3) is 12.2. The quantitative estimate of drug-likeness (QED) is 0.0892. The Bertz CT molecular complexity index is 2990. The van der Waals surface area contributed by atoms with E-state index in [4.69, 9.17) is 0 Å². The lowest BCUT2D eigenvalue weighted by molar-refractivity contribution is 0.567. The Morgan fingerprint density at radius 1 is 0.267 bits per heavy atom. The topological polar surface area (TPSA) is 6.48 Å². The maximum Gasteiger partial charge on any atom is 0.0620 e. The standard InChI is InChI=1S/C72H98N2Si/c1-45-27-29-59-61(31-45)63(73(54-36-46(65(2,3)4)32-47(37-54)66(5,6)7)55-38-48(67(8,9)10)33-49(39-55)68(11,12)13)60-30-28-58(75-26)44-62(60)64(59)74(56-40-50(69(14,15)16)34-51(41-56)70(17,18)19)57-42-52(71(20,21)22)35-53(43-57)72(23,24)25/h27-44H,75H2,1-26H3. The van der Waals surface area contributed by atoms with Gasteiger partial charge in [0, 0.05) is 44.3 Å². The second-order valence-corrected chi connectivity index (χ2v) is 32.2. The van der Waals surface area contributed by atoms with Gasteiger partial charge in [-0.15, -0.1) is 0 Å². The van der Waals surface area contributed by atoms with E-state index in [-0.39, 0.29) is 43.3 Å². The molecule has 0 radical (unpaired) electrons. The number of hydrogen-bond acceptors (Lipinski definition) is 2. The summed E-state index contributed by atoms with van der Waals surface area (Å²) in [6, 6.07) is 44.9. The van der Waals surface area contributed by atoms with E-state index in [1.807, 2.05) is 0 Å². The van der Waals surface area contributed by atoms with Crippen LogP contribution in [0.1, 0.15) is 216 Å². The molecule has 0 heterocycles. The van der Waals surface area contributed by atoms with Crippen LogP contribution in [0.4, 0.5) is 34.1 Å². The minimum Gasteiger partial charge on any atom is -0.309 e. The molecule has 3 heteroatoms. The highest BCUT2D eigenvalue weighted by atomic mass is 28.2. The molecule has 0 fully saturated rings. The lowest BCUT2D eigenvalue weighted by atomic mass is 9.79. The van der Waals surface area contributed by atoms with Gasteiger partial charge in [0.25, 0.3) is 0 Å². The molecule has 7 aromatic carbocycles. The van der Waals surface area contributed by atoms with E-state index in [9.17, 15) is 0 Å². The van der Waals surface area contributed by atoms with Crippen molar-refractivity contribution in [2.45, 2.75) is 223 Å². The fraction of sp³-hybridized carbons (Fsp3) is 0.472. The Morgan fingerprint density at radius 3 is 0.720 bits per heavy atom. The normalized spacial score (nSPS) is 13.7. The smallest absolute Gasteiger partial charge is 0.0620 e. The third-order valence-electron chi connectivity index (χ3n) is 15.8. The Balaban J connectivity index is 1.82. The lowest BCUT2D eigenvalue weighted by Crippen LogP contribution is -2.23. The van der Waals surface area contributed by atoms with Crippen LogP contribution in [-0.2, 0) is 43.3 Å². The van der Waals surface area contributed by atoms with Crippen LogP contribution in [0.5, 0.6) is 0 Å². The fourth-order valence-corrected chi connectivity index (χ4v) is 11.0. The molecule has 0 amide bonds. The molecule has 0 saturated carbocycles. The van der Waals surface area contributed by atoms with E-state index in [2.05, 4.69) is 299 Å². The van der Waals surface area contributed by atoms with Gasteiger partial charge in [-0.3, -0.25) is 0 Å². The molecule has 0 aliphatic carbocycles. The average molecular weight is 1020 g/mol. The predicted molar refractivity (Wildman–Crippen MR) is 339 cm³/mol. The summed E-state index contributed by atoms with van der Waals surface area (Å²) in [5.74, 6) is 0. The summed E-state index contributed by atoms with van der Waals surface area (Å²) >= 11 is 0. The van der Waals surface area contributed by atoms with Crippen molar-refractivity contribution in [2.24, 2.45) is 0 Å². The first-order valence-corrected chi connectivity index (χ1v) is 30.4. The van der Waals surface area contributed by atoms with Crippen molar-refractivity contribution < 1.29 is 0 Å². The maximum absolute atomic E-state index is 2.69. The minimum atomic E-state index is -0.571. The van der Waals surface area contributed by atoms with Gasteiger partial charge in [-0.05, 0) is 149 Å². The average Bonchev–Trinajstić information content (AvgIpc) is 3.27. The Morgan fingerprint density at radius 2 is 0.493 bits per heavy atom. The van der Waals surface area contributed by atoms with Gasteiger partial charge in [0.2, 0.25) is 0 Å². The summed E-state index contributed by atoms with van der Waals surface area (Å²) in [7, 11) is -0.571. The largest absolute Gasteiger partial charge is 0.309 e. The number of hydrogen-bond donors (Lipinski definition) is 0. The highest BCUT2D eigenvalue weighted by molar-refractivity contribution is 6.52. The highest BCUT2D eigenvalue weighted by Crippen LogP contribution is 2.54. The molecule has 7 aromatic rings. The first-order chi connectivity index (χ1) is 34.1. The number of benzene rings is 7. The molecule has 0 spiro atoms. The number of fused-ring (bicyclic) bond motifs is 2. The molecule has 0 saturated heterocycles. The zero-order chi connectivity index (χ0) is 56.1. The molecule has 0 aliphatic heterocycles. The van der Waals surface area contributed by atoms with Gasteiger partial charge in [0.1, 0.15) is 0 Å². The molecule has 2 nitrogen and oxygen atoms in total. The Hall–Kier alpha value is -5.12. The van der Waals surface area contributed by atoms with E-state index in [0.717, 1.165) is 0 Å². The van der Waals surface area contributed by atoms with Crippen LogP contribution in [-0.4, -0.2) is 9.52 Å². The van der Waals surface area contributed by atoms with Crippen molar-refractivity contribution in [3.8, 4) is 0 Å². The van der Waals surface area contributed by atoms with Crippen LogP contribution in [0.3, 0.4) is 0 Å². The number of nitrogens with zero attached hydrogens (tertiary/aromatic N) is 2. The van der Waals surface area contributed by atoms with Crippen molar-refractivity contribution in [1.29, 1.82) is 0 Å². The van der Waals surface area contributed by atoms with E-state index in [1.54, 1.807) is 0 Å². The van der Waals surface area contributed by atoms with Crippen molar-refractivity contribution in [1.82, 2.24) is 0 Å². The van der Waals surface area contributed by atoms with Gasteiger partial charge in [-0.25, -0.2) is 0 Å². The van der Waals surface area contributed by atoms with E-state index >= 15 is 0 Å². The van der Waals surface area contributed by atoms with Gasteiger partial charge >= 0.3 is 0 Å². The molecule has 0 aromatic heterocycles. The van der Waals surface area contributed by atoms with Crippen molar-refractivity contribution >= 4 is 70.4 Å². The number of aryl methyl sites for hydroxylation is 1. The summed E-state index contributed by atoms with van der Waals surface area (Å²) in [6.45, 7) is 61.6. The summed E-state index contributed by atoms with van der Waals surface area (Å²) in [5.41, 5.74) is 18.5. The lowest BCUT2D eigenvalue weighted by Gasteiger charge is -2.37. The molecule has 400 valence electrons.